The third-order valence-electron chi connectivity index (χ3n) is 3.86. The number of nitrogens with zero attached hydrogens (tertiary/aromatic N) is 1. The van der Waals surface area contributed by atoms with Gasteiger partial charge in [0, 0.05) is 0 Å². The number of rotatable bonds is 6. The minimum absolute atomic E-state index is 0.276. The lowest BCUT2D eigenvalue weighted by Crippen LogP contribution is -2.25. The molecule has 0 saturated carbocycles. The predicted molar refractivity (Wildman–Crippen MR) is 99.8 cm³/mol. The van der Waals surface area contributed by atoms with Crippen LogP contribution in [0.1, 0.15) is 18.1 Å². The second kappa shape index (κ2) is 7.74. The summed E-state index contributed by atoms with van der Waals surface area (Å²) in [5.74, 6) is 2.06. The number of hydrogen-bond acceptors (Lipinski definition) is 5. The molecule has 26 heavy (non-hydrogen) atoms. The van der Waals surface area contributed by atoms with E-state index in [4.69, 9.17) is 14.2 Å². The van der Waals surface area contributed by atoms with Gasteiger partial charge in [-0.15, -0.1) is 0 Å². The van der Waals surface area contributed by atoms with Gasteiger partial charge in [0.05, 0.1) is 20.8 Å². The van der Waals surface area contributed by atoms with E-state index in [9.17, 15) is 4.79 Å². The van der Waals surface area contributed by atoms with Crippen molar-refractivity contribution >= 4 is 17.8 Å². The number of carbonyl (C=O) groups is 1. The van der Waals surface area contributed by atoms with Crippen LogP contribution >= 0.6 is 0 Å². The van der Waals surface area contributed by atoms with Crippen molar-refractivity contribution < 1.29 is 19.0 Å². The molecule has 1 heterocycles. The van der Waals surface area contributed by atoms with E-state index in [0.717, 1.165) is 11.3 Å². The normalized spacial score (nSPS) is 14.8. The zero-order chi connectivity index (χ0) is 18.5. The topological polar surface area (TPSA) is 69.2 Å². The molecule has 1 amide bonds. The Morgan fingerprint density at radius 3 is 2.27 bits per heavy atom. The molecule has 0 atom stereocenters. The van der Waals surface area contributed by atoms with E-state index < -0.39 is 0 Å². The molecule has 0 fully saturated rings. The first-order valence-electron chi connectivity index (χ1n) is 8.22. The lowest BCUT2D eigenvalue weighted by atomic mass is 10.1. The standard InChI is InChI=1S/C20H20N2O4/c1-4-26-14-10-8-13(9-11-14)12-15-20(23)22-19(21-15)18-16(24-2)6-5-7-17(18)25-3/h5-12H,4H2,1-3H3,(H,21,22,23)/b15-12+. The molecule has 3 rings (SSSR count). The van der Waals surface area contributed by atoms with Crippen molar-refractivity contribution in [2.45, 2.75) is 6.92 Å². The Kier molecular flexibility index (Phi) is 5.22. The molecular formula is C20H20N2O4. The van der Waals surface area contributed by atoms with E-state index in [1.165, 1.54) is 0 Å². The minimum Gasteiger partial charge on any atom is -0.496 e. The highest BCUT2D eigenvalue weighted by molar-refractivity contribution is 6.21. The van der Waals surface area contributed by atoms with Gasteiger partial charge in [0.1, 0.15) is 34.3 Å². The number of carbonyl (C=O) groups excluding carboxylic acids is 1. The molecule has 134 valence electrons. The third-order valence-corrected chi connectivity index (χ3v) is 3.86. The number of methoxy groups -OCH3 is 2. The summed E-state index contributed by atoms with van der Waals surface area (Å²) in [6.07, 6.45) is 1.72. The Labute approximate surface area is 152 Å². The Hall–Kier alpha value is -3.28. The van der Waals surface area contributed by atoms with E-state index in [2.05, 4.69) is 10.3 Å². The largest absolute Gasteiger partial charge is 0.496 e. The van der Waals surface area contributed by atoms with Crippen LogP contribution in [0.5, 0.6) is 17.2 Å². The van der Waals surface area contributed by atoms with Gasteiger partial charge >= 0.3 is 0 Å². The molecule has 2 aromatic rings. The average molecular weight is 352 g/mol. The summed E-state index contributed by atoms with van der Waals surface area (Å²) in [7, 11) is 3.12. The van der Waals surface area contributed by atoms with Gasteiger partial charge in [-0.1, -0.05) is 18.2 Å². The Balaban J connectivity index is 1.95. The van der Waals surface area contributed by atoms with E-state index in [-0.39, 0.29) is 5.91 Å². The first kappa shape index (κ1) is 17.5. The van der Waals surface area contributed by atoms with Crippen LogP contribution in [0.4, 0.5) is 0 Å². The van der Waals surface area contributed by atoms with Gasteiger partial charge in [0.15, 0.2) is 0 Å². The average Bonchev–Trinajstić information content (AvgIpc) is 3.02. The van der Waals surface area contributed by atoms with Crippen LogP contribution in [0.2, 0.25) is 0 Å². The molecule has 1 aliphatic heterocycles. The minimum atomic E-state index is -0.276. The van der Waals surface area contributed by atoms with Crippen LogP contribution < -0.4 is 19.5 Å². The van der Waals surface area contributed by atoms with Gasteiger partial charge in [-0.2, -0.15) is 0 Å². The molecule has 0 spiro atoms. The van der Waals surface area contributed by atoms with Crippen molar-refractivity contribution in [1.29, 1.82) is 0 Å². The van der Waals surface area contributed by atoms with Gasteiger partial charge < -0.3 is 19.5 Å². The van der Waals surface area contributed by atoms with Crippen LogP contribution in [-0.4, -0.2) is 32.6 Å². The number of nitrogens with one attached hydrogen (secondary N) is 1. The molecule has 1 N–H and O–H groups in total. The Morgan fingerprint density at radius 1 is 1.04 bits per heavy atom. The number of ether oxygens (including phenoxy) is 3. The maximum Gasteiger partial charge on any atom is 0.275 e. The van der Waals surface area contributed by atoms with Crippen LogP contribution in [0.3, 0.4) is 0 Å². The fourth-order valence-electron chi connectivity index (χ4n) is 2.66. The summed E-state index contributed by atoms with van der Waals surface area (Å²) in [5.41, 5.74) is 1.79. The molecule has 1 aliphatic rings. The zero-order valence-corrected chi connectivity index (χ0v) is 14.9. The third kappa shape index (κ3) is 3.54. The summed E-state index contributed by atoms with van der Waals surface area (Å²) in [4.78, 5) is 16.8. The van der Waals surface area contributed by atoms with Crippen LogP contribution in [0.25, 0.3) is 6.08 Å². The van der Waals surface area contributed by atoms with Gasteiger partial charge in [-0.05, 0) is 42.8 Å². The smallest absolute Gasteiger partial charge is 0.275 e. The molecule has 0 aliphatic carbocycles. The molecule has 6 nitrogen and oxygen atoms in total. The van der Waals surface area contributed by atoms with Crippen molar-refractivity contribution in [3.05, 3.63) is 59.3 Å². The predicted octanol–water partition coefficient (Wildman–Crippen LogP) is 3.02. The SMILES string of the molecule is CCOc1ccc(/C=C2/N=C(c3c(OC)cccc3OC)NC2=O)cc1. The first-order chi connectivity index (χ1) is 12.7. The summed E-state index contributed by atoms with van der Waals surface area (Å²) < 4.78 is 16.2. The van der Waals surface area contributed by atoms with Gasteiger partial charge in [-0.3, -0.25) is 4.79 Å². The van der Waals surface area contributed by atoms with Crippen molar-refractivity contribution in [3.8, 4) is 17.2 Å². The summed E-state index contributed by atoms with van der Waals surface area (Å²) in [5, 5.41) is 2.78. The number of amidine groups is 1. The molecule has 2 aromatic carbocycles. The van der Waals surface area contributed by atoms with E-state index in [1.807, 2.05) is 37.3 Å². The Bertz CT molecular complexity index is 848. The number of hydrogen-bond donors (Lipinski definition) is 1. The van der Waals surface area contributed by atoms with Gasteiger partial charge in [0.25, 0.3) is 5.91 Å². The van der Waals surface area contributed by atoms with Crippen molar-refractivity contribution in [3.63, 3.8) is 0 Å². The number of benzene rings is 2. The molecule has 6 heteroatoms. The van der Waals surface area contributed by atoms with Crippen molar-refractivity contribution in [1.82, 2.24) is 5.32 Å². The van der Waals surface area contributed by atoms with E-state index in [0.29, 0.717) is 35.2 Å². The molecular weight excluding hydrogens is 332 g/mol. The lowest BCUT2D eigenvalue weighted by Gasteiger charge is -2.12. The maximum atomic E-state index is 12.3. The van der Waals surface area contributed by atoms with Crippen LogP contribution in [0.15, 0.2) is 53.2 Å². The van der Waals surface area contributed by atoms with E-state index in [1.54, 1.807) is 32.4 Å². The molecule has 0 bridgehead atoms. The summed E-state index contributed by atoms with van der Waals surface area (Å²) >= 11 is 0. The van der Waals surface area contributed by atoms with E-state index >= 15 is 0 Å². The first-order valence-corrected chi connectivity index (χ1v) is 8.22. The highest BCUT2D eigenvalue weighted by Gasteiger charge is 2.26. The number of amides is 1. The second-order valence-electron chi connectivity index (χ2n) is 5.48. The monoisotopic (exact) mass is 352 g/mol. The molecule has 0 unspecified atom stereocenters. The molecule has 0 radical (unpaired) electrons. The van der Waals surface area contributed by atoms with Crippen LogP contribution in [-0.2, 0) is 4.79 Å². The van der Waals surface area contributed by atoms with Crippen molar-refractivity contribution in [2.24, 2.45) is 4.99 Å². The van der Waals surface area contributed by atoms with Crippen molar-refractivity contribution in [2.75, 3.05) is 20.8 Å². The fraction of sp³-hybridized carbons (Fsp3) is 0.200. The second-order valence-corrected chi connectivity index (χ2v) is 5.48. The quantitative estimate of drug-likeness (QED) is 0.812. The molecule has 0 saturated heterocycles. The summed E-state index contributed by atoms with van der Waals surface area (Å²) in [6, 6.07) is 12.9. The van der Waals surface area contributed by atoms with Gasteiger partial charge in [-0.25, -0.2) is 4.99 Å². The van der Waals surface area contributed by atoms with Gasteiger partial charge in [0.2, 0.25) is 0 Å². The fourth-order valence-corrected chi connectivity index (χ4v) is 2.66. The molecule has 0 aromatic heterocycles. The van der Waals surface area contributed by atoms with Crippen LogP contribution in [0, 0.1) is 0 Å². The summed E-state index contributed by atoms with van der Waals surface area (Å²) in [6.45, 7) is 2.54. The lowest BCUT2D eigenvalue weighted by molar-refractivity contribution is -0.115. The Morgan fingerprint density at radius 2 is 1.69 bits per heavy atom. The number of aliphatic imine (C=N–C) groups is 1. The highest BCUT2D eigenvalue weighted by Crippen LogP contribution is 2.30. The zero-order valence-electron chi connectivity index (χ0n) is 14.9. The maximum absolute atomic E-state index is 12.3. The highest BCUT2D eigenvalue weighted by atomic mass is 16.5.